The lowest BCUT2D eigenvalue weighted by molar-refractivity contribution is 0.0600. The maximum absolute atomic E-state index is 13.2. The number of hydrogen-bond donors (Lipinski definition) is 0. The number of halogens is 1. The van der Waals surface area contributed by atoms with Gasteiger partial charge in [0.05, 0.1) is 6.04 Å². The van der Waals surface area contributed by atoms with Gasteiger partial charge in [0.25, 0.3) is 5.91 Å². The van der Waals surface area contributed by atoms with Crippen LogP contribution in [0.2, 0.25) is 0 Å². The molecule has 24 heavy (non-hydrogen) atoms. The molecule has 2 heterocycles. The van der Waals surface area contributed by atoms with Crippen molar-refractivity contribution in [2.45, 2.75) is 51.0 Å². The second-order valence-corrected chi connectivity index (χ2v) is 6.70. The van der Waals surface area contributed by atoms with Crippen molar-refractivity contribution in [3.05, 3.63) is 52.7 Å². The Morgan fingerprint density at radius 1 is 1.12 bits per heavy atom. The van der Waals surface area contributed by atoms with Crippen LogP contribution in [0.3, 0.4) is 0 Å². The molecule has 0 bridgehead atoms. The summed E-state index contributed by atoms with van der Waals surface area (Å²) in [7, 11) is 0. The standard InChI is InChI=1S/C19H21FN2O2/c20-14-10-8-13(9-11-14)16-6-3-4-12-22(16)19(23)18-15-5-1-2-7-17(15)24-21-18/h8-11,16H,1-7,12H2. The van der Waals surface area contributed by atoms with Gasteiger partial charge >= 0.3 is 0 Å². The molecule has 1 atom stereocenters. The molecular formula is C19H21FN2O2. The van der Waals surface area contributed by atoms with E-state index in [4.69, 9.17) is 4.52 Å². The molecule has 1 aromatic heterocycles. The number of benzene rings is 1. The average molecular weight is 328 g/mol. The topological polar surface area (TPSA) is 46.3 Å². The third kappa shape index (κ3) is 2.72. The molecule has 0 spiro atoms. The zero-order chi connectivity index (χ0) is 16.5. The summed E-state index contributed by atoms with van der Waals surface area (Å²) < 4.78 is 18.6. The van der Waals surface area contributed by atoms with Gasteiger partial charge in [0.15, 0.2) is 5.69 Å². The number of amides is 1. The van der Waals surface area contributed by atoms with Crippen LogP contribution in [0.1, 0.15) is 65.5 Å². The van der Waals surface area contributed by atoms with Gasteiger partial charge in [0, 0.05) is 18.5 Å². The molecule has 0 saturated carbocycles. The van der Waals surface area contributed by atoms with Crippen molar-refractivity contribution >= 4 is 5.91 Å². The van der Waals surface area contributed by atoms with Crippen LogP contribution >= 0.6 is 0 Å². The third-order valence-electron chi connectivity index (χ3n) is 5.17. The predicted molar refractivity (Wildman–Crippen MR) is 87.2 cm³/mol. The summed E-state index contributed by atoms with van der Waals surface area (Å²) >= 11 is 0. The average Bonchev–Trinajstić information content (AvgIpc) is 3.06. The molecule has 4 rings (SSSR count). The highest BCUT2D eigenvalue weighted by Gasteiger charge is 2.33. The van der Waals surface area contributed by atoms with Crippen molar-refractivity contribution in [2.24, 2.45) is 0 Å². The number of rotatable bonds is 2. The van der Waals surface area contributed by atoms with E-state index < -0.39 is 0 Å². The van der Waals surface area contributed by atoms with Crippen LogP contribution in [0, 0.1) is 5.82 Å². The van der Waals surface area contributed by atoms with E-state index in [0.29, 0.717) is 12.2 Å². The van der Waals surface area contributed by atoms with Gasteiger partial charge in [-0.15, -0.1) is 0 Å². The smallest absolute Gasteiger partial charge is 0.276 e. The zero-order valence-electron chi connectivity index (χ0n) is 13.6. The summed E-state index contributed by atoms with van der Waals surface area (Å²) in [4.78, 5) is 15.0. The van der Waals surface area contributed by atoms with Crippen molar-refractivity contribution in [2.75, 3.05) is 6.54 Å². The number of aromatic nitrogens is 1. The van der Waals surface area contributed by atoms with Crippen molar-refractivity contribution in [1.29, 1.82) is 0 Å². The Morgan fingerprint density at radius 2 is 1.92 bits per heavy atom. The van der Waals surface area contributed by atoms with E-state index in [0.717, 1.165) is 61.8 Å². The van der Waals surface area contributed by atoms with E-state index in [1.807, 2.05) is 4.90 Å². The van der Waals surface area contributed by atoms with Crippen LogP contribution in [0.25, 0.3) is 0 Å². The Labute approximate surface area is 140 Å². The molecule has 2 aliphatic rings. The first-order valence-corrected chi connectivity index (χ1v) is 8.78. The Bertz CT molecular complexity index is 738. The normalized spacial score (nSPS) is 20.7. The second kappa shape index (κ2) is 6.38. The van der Waals surface area contributed by atoms with Crippen molar-refractivity contribution in [3.63, 3.8) is 0 Å². The highest BCUT2D eigenvalue weighted by Crippen LogP contribution is 2.33. The summed E-state index contributed by atoms with van der Waals surface area (Å²) in [5.74, 6) is 0.578. The fourth-order valence-corrected chi connectivity index (χ4v) is 3.89. The summed E-state index contributed by atoms with van der Waals surface area (Å²) in [6, 6.07) is 6.48. The van der Waals surface area contributed by atoms with Crippen LogP contribution in [-0.2, 0) is 12.8 Å². The number of fused-ring (bicyclic) bond motifs is 1. The quantitative estimate of drug-likeness (QED) is 0.835. The molecule has 5 heteroatoms. The van der Waals surface area contributed by atoms with Gasteiger partial charge in [-0.3, -0.25) is 4.79 Å². The maximum Gasteiger partial charge on any atom is 0.276 e. The fourth-order valence-electron chi connectivity index (χ4n) is 3.89. The largest absolute Gasteiger partial charge is 0.360 e. The van der Waals surface area contributed by atoms with E-state index in [-0.39, 0.29) is 17.8 Å². The molecule has 126 valence electrons. The van der Waals surface area contributed by atoms with Crippen LogP contribution < -0.4 is 0 Å². The molecule has 1 saturated heterocycles. The molecule has 0 N–H and O–H groups in total. The van der Waals surface area contributed by atoms with Gasteiger partial charge in [0.2, 0.25) is 0 Å². The molecule has 1 aliphatic carbocycles. The van der Waals surface area contributed by atoms with Crippen LogP contribution in [0.5, 0.6) is 0 Å². The zero-order valence-corrected chi connectivity index (χ0v) is 13.6. The van der Waals surface area contributed by atoms with Crippen molar-refractivity contribution < 1.29 is 13.7 Å². The molecule has 1 amide bonds. The number of likely N-dealkylation sites (tertiary alicyclic amines) is 1. The third-order valence-corrected chi connectivity index (χ3v) is 5.17. The minimum absolute atomic E-state index is 0.0113. The lowest BCUT2D eigenvalue weighted by Crippen LogP contribution is -2.39. The summed E-state index contributed by atoms with van der Waals surface area (Å²) in [5, 5.41) is 4.09. The molecule has 1 aliphatic heterocycles. The first-order valence-electron chi connectivity index (χ1n) is 8.78. The van der Waals surface area contributed by atoms with Crippen LogP contribution in [0.15, 0.2) is 28.8 Å². The second-order valence-electron chi connectivity index (χ2n) is 6.70. The van der Waals surface area contributed by atoms with Gasteiger partial charge in [0.1, 0.15) is 11.6 Å². The molecule has 1 fully saturated rings. The predicted octanol–water partition coefficient (Wildman–Crippen LogP) is 4.06. The molecular weight excluding hydrogens is 307 g/mol. The minimum atomic E-state index is -0.252. The first kappa shape index (κ1) is 15.4. The fraction of sp³-hybridized carbons (Fsp3) is 0.474. The van der Waals surface area contributed by atoms with Crippen LogP contribution in [-0.4, -0.2) is 22.5 Å². The van der Waals surface area contributed by atoms with Crippen molar-refractivity contribution in [1.82, 2.24) is 10.1 Å². The lowest BCUT2D eigenvalue weighted by Gasteiger charge is -2.35. The number of carbonyl (C=O) groups excluding carboxylic acids is 1. The Balaban J connectivity index is 1.64. The summed E-state index contributed by atoms with van der Waals surface area (Å²) in [6.07, 6.45) is 6.88. The van der Waals surface area contributed by atoms with Crippen LogP contribution in [0.4, 0.5) is 4.39 Å². The molecule has 1 unspecified atom stereocenters. The highest BCUT2D eigenvalue weighted by molar-refractivity contribution is 5.94. The van der Waals surface area contributed by atoms with E-state index in [2.05, 4.69) is 5.16 Å². The van der Waals surface area contributed by atoms with E-state index in [9.17, 15) is 9.18 Å². The first-order chi connectivity index (χ1) is 11.7. The van der Waals surface area contributed by atoms with Gasteiger partial charge in [-0.05, 0) is 56.2 Å². The van der Waals surface area contributed by atoms with Gasteiger partial charge in [-0.2, -0.15) is 0 Å². The Morgan fingerprint density at radius 3 is 2.75 bits per heavy atom. The van der Waals surface area contributed by atoms with Gasteiger partial charge in [-0.1, -0.05) is 17.3 Å². The SMILES string of the molecule is O=C(c1noc2c1CCCC2)N1CCCCC1c1ccc(F)cc1. The summed E-state index contributed by atoms with van der Waals surface area (Å²) in [6.45, 7) is 0.711. The monoisotopic (exact) mass is 328 g/mol. The van der Waals surface area contributed by atoms with Crippen molar-refractivity contribution in [3.8, 4) is 0 Å². The highest BCUT2D eigenvalue weighted by atomic mass is 19.1. The minimum Gasteiger partial charge on any atom is -0.360 e. The molecule has 1 aromatic carbocycles. The molecule has 0 radical (unpaired) electrons. The number of nitrogens with zero attached hydrogens (tertiary/aromatic N) is 2. The summed E-state index contributed by atoms with van der Waals surface area (Å²) in [5.41, 5.74) is 2.47. The maximum atomic E-state index is 13.2. The van der Waals surface area contributed by atoms with Gasteiger partial charge in [-0.25, -0.2) is 4.39 Å². The Kier molecular flexibility index (Phi) is 4.08. The van der Waals surface area contributed by atoms with E-state index in [1.165, 1.54) is 12.1 Å². The molecule has 4 nitrogen and oxygen atoms in total. The van der Waals surface area contributed by atoms with Gasteiger partial charge < -0.3 is 9.42 Å². The van der Waals surface area contributed by atoms with E-state index in [1.54, 1.807) is 12.1 Å². The van der Waals surface area contributed by atoms with E-state index >= 15 is 0 Å². The Hall–Kier alpha value is -2.17. The number of aryl methyl sites for hydroxylation is 1. The number of carbonyl (C=O) groups is 1. The molecule has 2 aromatic rings. The number of piperidine rings is 1. The number of hydrogen-bond acceptors (Lipinski definition) is 3. The lowest BCUT2D eigenvalue weighted by atomic mass is 9.93.